The van der Waals surface area contributed by atoms with Crippen molar-refractivity contribution < 1.29 is 5.11 Å². The number of hydrogen-bond donors (Lipinski definition) is 2. The highest BCUT2D eigenvalue weighted by atomic mass is 35.5. The first kappa shape index (κ1) is 11.5. The lowest BCUT2D eigenvalue weighted by atomic mass is 10.0. The third-order valence-electron chi connectivity index (χ3n) is 2.14. The summed E-state index contributed by atoms with van der Waals surface area (Å²) in [7, 11) is 0. The number of alkyl halides is 2. The molecule has 1 aromatic carbocycles. The van der Waals surface area contributed by atoms with Gasteiger partial charge in [0, 0.05) is 11.8 Å². The molecular weight excluding hydrogens is 221 g/mol. The van der Waals surface area contributed by atoms with Crippen LogP contribution in [-0.2, 0) is 12.8 Å². The first-order valence-electron chi connectivity index (χ1n) is 4.41. The molecule has 3 N–H and O–H groups in total. The molecular formula is C10H13Cl2NO. The Morgan fingerprint density at radius 2 is 1.79 bits per heavy atom. The topological polar surface area (TPSA) is 46.2 Å². The molecule has 0 spiro atoms. The van der Waals surface area contributed by atoms with Crippen LogP contribution < -0.4 is 5.73 Å². The molecule has 0 aromatic heterocycles. The number of anilines is 1. The van der Waals surface area contributed by atoms with Crippen molar-refractivity contribution in [2.24, 2.45) is 0 Å². The number of hydrogen-bond acceptors (Lipinski definition) is 2. The lowest BCUT2D eigenvalue weighted by Gasteiger charge is -2.11. The van der Waals surface area contributed by atoms with Crippen LogP contribution in [0.1, 0.15) is 11.1 Å². The molecule has 0 amide bonds. The van der Waals surface area contributed by atoms with Crippen LogP contribution in [-0.4, -0.2) is 16.9 Å². The first-order valence-corrected chi connectivity index (χ1v) is 5.48. The van der Waals surface area contributed by atoms with Crippen molar-refractivity contribution in [1.29, 1.82) is 0 Å². The molecule has 78 valence electrons. The Morgan fingerprint density at radius 1 is 1.14 bits per heavy atom. The summed E-state index contributed by atoms with van der Waals surface area (Å²) in [5.74, 6) is 1.14. The smallest absolute Gasteiger partial charge is 0.138 e. The molecule has 0 fully saturated rings. The maximum Gasteiger partial charge on any atom is 0.138 e. The van der Waals surface area contributed by atoms with Crippen molar-refractivity contribution >= 4 is 28.9 Å². The van der Waals surface area contributed by atoms with E-state index in [9.17, 15) is 5.11 Å². The molecule has 0 saturated heterocycles. The molecule has 0 aliphatic heterocycles. The van der Waals surface area contributed by atoms with Gasteiger partial charge in [0.1, 0.15) is 5.75 Å². The van der Waals surface area contributed by atoms with E-state index in [1.165, 1.54) is 0 Å². The fourth-order valence-electron chi connectivity index (χ4n) is 1.42. The Kier molecular flexibility index (Phi) is 4.36. The van der Waals surface area contributed by atoms with Gasteiger partial charge in [0.2, 0.25) is 0 Å². The molecule has 4 heteroatoms. The fraction of sp³-hybridized carbons (Fsp3) is 0.400. The second-order valence-electron chi connectivity index (χ2n) is 3.01. The lowest BCUT2D eigenvalue weighted by Crippen LogP contribution is -2.02. The van der Waals surface area contributed by atoms with Crippen molar-refractivity contribution in [3.8, 4) is 5.75 Å². The summed E-state index contributed by atoms with van der Waals surface area (Å²) in [5, 5.41) is 9.42. The first-order chi connectivity index (χ1) is 6.70. The fourth-order valence-corrected chi connectivity index (χ4v) is 1.82. The monoisotopic (exact) mass is 233 g/mol. The van der Waals surface area contributed by atoms with E-state index in [4.69, 9.17) is 28.9 Å². The number of halogens is 2. The molecule has 1 aromatic rings. The maximum atomic E-state index is 9.42. The van der Waals surface area contributed by atoms with Gasteiger partial charge < -0.3 is 10.8 Å². The molecule has 0 aliphatic rings. The standard InChI is InChI=1S/C10H13Cl2NO/c11-5-3-7-1-2-9(14)10(13)8(7)4-6-12/h1-2,14H,3-6,13H2. The molecule has 0 unspecified atom stereocenters. The van der Waals surface area contributed by atoms with E-state index in [0.29, 0.717) is 23.9 Å². The zero-order chi connectivity index (χ0) is 10.6. The van der Waals surface area contributed by atoms with Crippen LogP contribution in [0.25, 0.3) is 0 Å². The summed E-state index contributed by atoms with van der Waals surface area (Å²) in [4.78, 5) is 0. The summed E-state index contributed by atoms with van der Waals surface area (Å²) in [6.45, 7) is 0. The second kappa shape index (κ2) is 5.32. The Morgan fingerprint density at radius 3 is 2.36 bits per heavy atom. The molecule has 1 rings (SSSR count). The molecule has 0 radical (unpaired) electrons. The van der Waals surface area contributed by atoms with Gasteiger partial charge >= 0.3 is 0 Å². The Hall–Kier alpha value is -0.600. The van der Waals surface area contributed by atoms with Crippen molar-refractivity contribution in [1.82, 2.24) is 0 Å². The van der Waals surface area contributed by atoms with E-state index < -0.39 is 0 Å². The molecule has 0 saturated carbocycles. The summed E-state index contributed by atoms with van der Waals surface area (Å²) >= 11 is 11.3. The van der Waals surface area contributed by atoms with Gasteiger partial charge in [-0.1, -0.05) is 6.07 Å². The largest absolute Gasteiger partial charge is 0.506 e. The van der Waals surface area contributed by atoms with E-state index in [2.05, 4.69) is 0 Å². The zero-order valence-electron chi connectivity index (χ0n) is 7.76. The number of aromatic hydroxyl groups is 1. The summed E-state index contributed by atoms with van der Waals surface area (Å²) in [6.07, 6.45) is 1.41. The van der Waals surface area contributed by atoms with Gasteiger partial charge in [-0.2, -0.15) is 0 Å². The SMILES string of the molecule is Nc1c(O)ccc(CCCl)c1CCCl. The van der Waals surface area contributed by atoms with E-state index in [0.717, 1.165) is 17.5 Å². The highest BCUT2D eigenvalue weighted by Crippen LogP contribution is 2.28. The number of rotatable bonds is 4. The van der Waals surface area contributed by atoms with Crippen LogP contribution in [0, 0.1) is 0 Å². The van der Waals surface area contributed by atoms with E-state index in [-0.39, 0.29) is 5.75 Å². The van der Waals surface area contributed by atoms with Crippen LogP contribution >= 0.6 is 23.2 Å². The minimum Gasteiger partial charge on any atom is -0.506 e. The Bertz CT molecular complexity index is 315. The quantitative estimate of drug-likeness (QED) is 0.477. The van der Waals surface area contributed by atoms with Crippen LogP contribution in [0.15, 0.2) is 12.1 Å². The number of phenolic OH excluding ortho intramolecular Hbond substituents is 1. The van der Waals surface area contributed by atoms with Crippen LogP contribution in [0.4, 0.5) is 5.69 Å². The van der Waals surface area contributed by atoms with Crippen LogP contribution in [0.3, 0.4) is 0 Å². The Balaban J connectivity index is 3.08. The minimum atomic E-state index is 0.114. The van der Waals surface area contributed by atoms with Crippen LogP contribution in [0.2, 0.25) is 0 Å². The highest BCUT2D eigenvalue weighted by Gasteiger charge is 2.09. The van der Waals surface area contributed by atoms with E-state index in [1.54, 1.807) is 6.07 Å². The summed E-state index contributed by atoms with van der Waals surface area (Å²) in [6, 6.07) is 3.44. The van der Waals surface area contributed by atoms with Crippen molar-refractivity contribution in [2.75, 3.05) is 17.5 Å². The maximum absolute atomic E-state index is 9.42. The van der Waals surface area contributed by atoms with Gasteiger partial charge in [0.05, 0.1) is 5.69 Å². The average molecular weight is 234 g/mol. The molecule has 0 heterocycles. The molecule has 0 aliphatic carbocycles. The van der Waals surface area contributed by atoms with Crippen molar-refractivity contribution in [3.05, 3.63) is 23.3 Å². The average Bonchev–Trinajstić information content (AvgIpc) is 2.18. The molecule has 14 heavy (non-hydrogen) atoms. The number of phenols is 1. The van der Waals surface area contributed by atoms with Gasteiger partial charge in [-0.15, -0.1) is 23.2 Å². The van der Waals surface area contributed by atoms with E-state index in [1.807, 2.05) is 6.07 Å². The highest BCUT2D eigenvalue weighted by molar-refractivity contribution is 6.18. The number of nitrogens with two attached hydrogens (primary N) is 1. The van der Waals surface area contributed by atoms with Gasteiger partial charge in [-0.3, -0.25) is 0 Å². The number of aryl methyl sites for hydroxylation is 1. The minimum absolute atomic E-state index is 0.114. The predicted molar refractivity (Wildman–Crippen MR) is 61.4 cm³/mol. The van der Waals surface area contributed by atoms with Gasteiger partial charge in [-0.05, 0) is 30.0 Å². The second-order valence-corrected chi connectivity index (χ2v) is 3.77. The van der Waals surface area contributed by atoms with Crippen molar-refractivity contribution in [3.63, 3.8) is 0 Å². The zero-order valence-corrected chi connectivity index (χ0v) is 9.28. The summed E-state index contributed by atoms with van der Waals surface area (Å²) in [5.41, 5.74) is 8.16. The third kappa shape index (κ3) is 2.46. The van der Waals surface area contributed by atoms with Crippen LogP contribution in [0.5, 0.6) is 5.75 Å². The number of benzene rings is 1. The van der Waals surface area contributed by atoms with Gasteiger partial charge in [0.25, 0.3) is 0 Å². The predicted octanol–water partition coefficient (Wildman–Crippen LogP) is 2.54. The normalized spacial score (nSPS) is 10.4. The Labute approximate surface area is 93.6 Å². The van der Waals surface area contributed by atoms with Gasteiger partial charge in [0.15, 0.2) is 0 Å². The summed E-state index contributed by atoms with van der Waals surface area (Å²) < 4.78 is 0. The molecule has 2 nitrogen and oxygen atoms in total. The molecule has 0 bridgehead atoms. The lowest BCUT2D eigenvalue weighted by molar-refractivity contribution is 0.477. The third-order valence-corrected chi connectivity index (χ3v) is 2.52. The molecule has 0 atom stereocenters. The van der Waals surface area contributed by atoms with Crippen molar-refractivity contribution in [2.45, 2.75) is 12.8 Å². The van der Waals surface area contributed by atoms with Gasteiger partial charge in [-0.25, -0.2) is 0 Å². The van der Waals surface area contributed by atoms with E-state index >= 15 is 0 Å². The number of nitrogen functional groups attached to an aromatic ring is 1.